The van der Waals surface area contributed by atoms with Crippen LogP contribution >= 0.6 is 0 Å². The van der Waals surface area contributed by atoms with E-state index in [-0.39, 0.29) is 10.8 Å². The SMILES string of the molecule is CC(C)C(C)(C)CC(C)(C)C=O. The van der Waals surface area contributed by atoms with Crippen molar-refractivity contribution in [3.8, 4) is 0 Å². The molecule has 1 nitrogen and oxygen atoms in total. The second-order valence-electron chi connectivity index (χ2n) is 5.43. The molecule has 0 N–H and O–H groups in total. The first-order chi connectivity index (χ1) is 5.21. The predicted molar refractivity (Wildman–Crippen MR) is 53.1 cm³/mol. The van der Waals surface area contributed by atoms with Crippen molar-refractivity contribution >= 4 is 6.29 Å². The number of hydrogen-bond donors (Lipinski definition) is 0. The summed E-state index contributed by atoms with van der Waals surface area (Å²) in [7, 11) is 0. The molecule has 0 aliphatic carbocycles. The largest absolute Gasteiger partial charge is 0.303 e. The lowest BCUT2D eigenvalue weighted by molar-refractivity contribution is -0.116. The lowest BCUT2D eigenvalue weighted by Crippen LogP contribution is -2.28. The standard InChI is InChI=1S/C11H22O/c1-9(2)11(5,6)7-10(3,4)8-12/h8-9H,7H2,1-6H3. The number of hydrogen-bond acceptors (Lipinski definition) is 1. The molecule has 0 rings (SSSR count). The number of rotatable bonds is 4. The van der Waals surface area contributed by atoms with Crippen molar-refractivity contribution < 1.29 is 4.79 Å². The Balaban J connectivity index is 4.33. The Bertz CT molecular complexity index is 154. The summed E-state index contributed by atoms with van der Waals surface area (Å²) in [5.74, 6) is 0.622. The summed E-state index contributed by atoms with van der Waals surface area (Å²) in [5, 5.41) is 0. The fraction of sp³-hybridized carbons (Fsp3) is 0.909. The van der Waals surface area contributed by atoms with E-state index in [1.807, 2.05) is 13.8 Å². The molecule has 72 valence electrons. The van der Waals surface area contributed by atoms with Gasteiger partial charge in [-0.3, -0.25) is 0 Å². The average molecular weight is 170 g/mol. The van der Waals surface area contributed by atoms with E-state index in [0.717, 1.165) is 12.7 Å². The number of carbonyl (C=O) groups excluding carboxylic acids is 1. The molecule has 0 unspecified atom stereocenters. The third-order valence-electron chi connectivity index (χ3n) is 2.79. The van der Waals surface area contributed by atoms with Crippen molar-refractivity contribution in [1.82, 2.24) is 0 Å². The maximum atomic E-state index is 10.7. The van der Waals surface area contributed by atoms with Crippen LogP contribution in [-0.2, 0) is 4.79 Å². The van der Waals surface area contributed by atoms with Crippen LogP contribution < -0.4 is 0 Å². The van der Waals surface area contributed by atoms with Gasteiger partial charge in [-0.1, -0.05) is 41.5 Å². The zero-order valence-electron chi connectivity index (χ0n) is 9.27. The van der Waals surface area contributed by atoms with Gasteiger partial charge in [0, 0.05) is 5.41 Å². The minimum absolute atomic E-state index is 0.173. The lowest BCUT2D eigenvalue weighted by atomic mass is 9.70. The van der Waals surface area contributed by atoms with Gasteiger partial charge in [0.25, 0.3) is 0 Å². The smallest absolute Gasteiger partial charge is 0.125 e. The Kier molecular flexibility index (Phi) is 3.49. The van der Waals surface area contributed by atoms with E-state index in [2.05, 4.69) is 27.7 Å². The first-order valence-electron chi connectivity index (χ1n) is 4.67. The molecule has 0 radical (unpaired) electrons. The highest BCUT2D eigenvalue weighted by Crippen LogP contribution is 2.37. The highest BCUT2D eigenvalue weighted by atomic mass is 16.1. The summed E-state index contributed by atoms with van der Waals surface area (Å²) in [5.41, 5.74) is 0.0815. The average Bonchev–Trinajstić information content (AvgIpc) is 1.85. The van der Waals surface area contributed by atoms with Gasteiger partial charge >= 0.3 is 0 Å². The molecule has 0 amide bonds. The Morgan fingerprint density at radius 1 is 1.17 bits per heavy atom. The minimum atomic E-state index is -0.173. The van der Waals surface area contributed by atoms with Gasteiger partial charge in [-0.15, -0.1) is 0 Å². The van der Waals surface area contributed by atoms with Gasteiger partial charge in [0.05, 0.1) is 0 Å². The maximum absolute atomic E-state index is 10.7. The molecule has 0 aromatic carbocycles. The fourth-order valence-corrected chi connectivity index (χ4v) is 1.42. The van der Waals surface area contributed by atoms with Gasteiger partial charge in [-0.2, -0.15) is 0 Å². The summed E-state index contributed by atoms with van der Waals surface area (Å²) in [6.07, 6.45) is 2.03. The van der Waals surface area contributed by atoms with Crippen LogP contribution in [0.25, 0.3) is 0 Å². The van der Waals surface area contributed by atoms with Crippen molar-refractivity contribution in [1.29, 1.82) is 0 Å². The Morgan fingerprint density at radius 3 is 1.83 bits per heavy atom. The first kappa shape index (κ1) is 11.7. The minimum Gasteiger partial charge on any atom is -0.303 e. The highest BCUT2D eigenvalue weighted by Gasteiger charge is 2.30. The molecule has 0 bridgehead atoms. The van der Waals surface area contributed by atoms with E-state index in [1.54, 1.807) is 0 Å². The molecule has 0 fully saturated rings. The van der Waals surface area contributed by atoms with Crippen LogP contribution in [0.2, 0.25) is 0 Å². The van der Waals surface area contributed by atoms with Gasteiger partial charge in [0.1, 0.15) is 6.29 Å². The molecule has 0 heterocycles. The first-order valence-corrected chi connectivity index (χ1v) is 4.67. The zero-order valence-corrected chi connectivity index (χ0v) is 9.27. The van der Waals surface area contributed by atoms with Gasteiger partial charge < -0.3 is 4.79 Å². The van der Waals surface area contributed by atoms with Crippen LogP contribution in [0.4, 0.5) is 0 Å². The molecule has 12 heavy (non-hydrogen) atoms. The summed E-state index contributed by atoms with van der Waals surface area (Å²) < 4.78 is 0. The van der Waals surface area contributed by atoms with E-state index < -0.39 is 0 Å². The van der Waals surface area contributed by atoms with E-state index in [9.17, 15) is 4.79 Å². The van der Waals surface area contributed by atoms with Crippen molar-refractivity contribution in [2.45, 2.75) is 48.0 Å². The Labute approximate surface area is 76.6 Å². The van der Waals surface area contributed by atoms with E-state index >= 15 is 0 Å². The van der Waals surface area contributed by atoms with Crippen LogP contribution in [0.15, 0.2) is 0 Å². The second-order valence-corrected chi connectivity index (χ2v) is 5.43. The fourth-order valence-electron chi connectivity index (χ4n) is 1.42. The Hall–Kier alpha value is -0.330. The van der Waals surface area contributed by atoms with Crippen LogP contribution in [0, 0.1) is 16.7 Å². The second kappa shape index (κ2) is 3.59. The maximum Gasteiger partial charge on any atom is 0.125 e. The normalized spacial score (nSPS) is 13.6. The van der Waals surface area contributed by atoms with Gasteiger partial charge in [0.2, 0.25) is 0 Å². The lowest BCUT2D eigenvalue weighted by Gasteiger charge is -2.34. The van der Waals surface area contributed by atoms with Crippen molar-refractivity contribution in [3.63, 3.8) is 0 Å². The van der Waals surface area contributed by atoms with Crippen LogP contribution in [0.1, 0.15) is 48.0 Å². The summed E-state index contributed by atoms with van der Waals surface area (Å²) in [6.45, 7) is 12.9. The quantitative estimate of drug-likeness (QED) is 0.592. The Morgan fingerprint density at radius 2 is 1.58 bits per heavy atom. The molecule has 0 aromatic rings. The molecule has 0 spiro atoms. The molecule has 0 aromatic heterocycles. The monoisotopic (exact) mass is 170 g/mol. The zero-order chi connectivity index (χ0) is 9.99. The summed E-state index contributed by atoms with van der Waals surface area (Å²) >= 11 is 0. The molecule has 0 aliphatic heterocycles. The van der Waals surface area contributed by atoms with Gasteiger partial charge in [0.15, 0.2) is 0 Å². The van der Waals surface area contributed by atoms with Crippen molar-refractivity contribution in [2.75, 3.05) is 0 Å². The van der Waals surface area contributed by atoms with Crippen LogP contribution in [0.3, 0.4) is 0 Å². The number of carbonyl (C=O) groups is 1. The van der Waals surface area contributed by atoms with E-state index in [4.69, 9.17) is 0 Å². The molecule has 1 heteroatoms. The van der Waals surface area contributed by atoms with Crippen LogP contribution in [0.5, 0.6) is 0 Å². The number of aldehydes is 1. The molecule has 0 aliphatic rings. The molecular weight excluding hydrogens is 148 g/mol. The molecule has 0 saturated carbocycles. The van der Waals surface area contributed by atoms with Gasteiger partial charge in [-0.25, -0.2) is 0 Å². The predicted octanol–water partition coefficient (Wildman–Crippen LogP) is 3.28. The van der Waals surface area contributed by atoms with Gasteiger partial charge in [-0.05, 0) is 17.8 Å². The van der Waals surface area contributed by atoms with E-state index in [1.165, 1.54) is 0 Å². The van der Waals surface area contributed by atoms with Crippen molar-refractivity contribution in [3.05, 3.63) is 0 Å². The summed E-state index contributed by atoms with van der Waals surface area (Å²) in [4.78, 5) is 10.7. The third kappa shape index (κ3) is 3.38. The molecule has 0 atom stereocenters. The third-order valence-corrected chi connectivity index (χ3v) is 2.79. The van der Waals surface area contributed by atoms with E-state index in [0.29, 0.717) is 5.92 Å². The summed E-state index contributed by atoms with van der Waals surface area (Å²) in [6, 6.07) is 0. The van der Waals surface area contributed by atoms with Crippen LogP contribution in [-0.4, -0.2) is 6.29 Å². The highest BCUT2D eigenvalue weighted by molar-refractivity contribution is 5.57. The van der Waals surface area contributed by atoms with Crippen molar-refractivity contribution in [2.24, 2.45) is 16.7 Å². The topological polar surface area (TPSA) is 17.1 Å². The molecule has 0 saturated heterocycles. The molecular formula is C11H22O.